The molecule has 0 heterocycles. The Balaban J connectivity index is 2.38. The summed E-state index contributed by atoms with van der Waals surface area (Å²) in [7, 11) is 0. The van der Waals surface area contributed by atoms with Crippen molar-refractivity contribution in [1.82, 2.24) is 0 Å². The first-order valence-corrected chi connectivity index (χ1v) is 3.81. The van der Waals surface area contributed by atoms with Crippen LogP contribution in [0.15, 0.2) is 23.8 Å². The molecule has 0 aromatic rings. The molecule has 58 valence electrons. The van der Waals surface area contributed by atoms with Crippen molar-refractivity contribution in [2.75, 3.05) is 0 Å². The summed E-state index contributed by atoms with van der Waals surface area (Å²) >= 11 is 0. The first-order chi connectivity index (χ1) is 5.33. The Morgan fingerprint density at radius 2 is 2.45 bits per heavy atom. The average molecular weight is 148 g/mol. The first kappa shape index (κ1) is 8.03. The smallest absolute Gasteiger partial charge is 0.0965 e. The van der Waals surface area contributed by atoms with Gasteiger partial charge in [0.1, 0.15) is 0 Å². The van der Waals surface area contributed by atoms with Crippen molar-refractivity contribution >= 4 is 0 Å². The molecule has 0 aliphatic heterocycles. The molecule has 0 unspecified atom stereocenters. The summed E-state index contributed by atoms with van der Waals surface area (Å²) in [6.07, 6.45) is 9.09. The molecule has 0 bridgehead atoms. The van der Waals surface area contributed by atoms with Crippen molar-refractivity contribution in [1.29, 1.82) is 5.26 Å². The van der Waals surface area contributed by atoms with Crippen molar-refractivity contribution in [3.05, 3.63) is 23.8 Å². The van der Waals surface area contributed by atoms with Gasteiger partial charge in [-0.1, -0.05) is 23.8 Å². The molecule has 2 N–H and O–H groups in total. The number of allylic oxidation sites excluding steroid dienone is 3. The van der Waals surface area contributed by atoms with Gasteiger partial charge in [0.15, 0.2) is 0 Å². The fraction of sp³-hybridized carbons (Fsp3) is 0.444. The Labute approximate surface area is 67.0 Å². The van der Waals surface area contributed by atoms with Crippen LogP contribution in [0, 0.1) is 11.3 Å². The Morgan fingerprint density at radius 3 is 3.00 bits per heavy atom. The predicted molar refractivity (Wildman–Crippen MR) is 44.7 cm³/mol. The molecule has 2 nitrogen and oxygen atoms in total. The Bertz CT molecular complexity index is 220. The second kappa shape index (κ2) is 3.95. The van der Waals surface area contributed by atoms with E-state index in [9.17, 15) is 0 Å². The minimum absolute atomic E-state index is 0.326. The van der Waals surface area contributed by atoms with Crippen molar-refractivity contribution < 1.29 is 0 Å². The maximum Gasteiger partial charge on any atom is 0.0965 e. The van der Waals surface area contributed by atoms with Crippen LogP contribution >= 0.6 is 0 Å². The number of nitrogens with two attached hydrogens (primary N) is 1. The number of nitriles is 1. The van der Waals surface area contributed by atoms with Crippen LogP contribution < -0.4 is 5.73 Å². The fourth-order valence-electron chi connectivity index (χ4n) is 1.14. The van der Waals surface area contributed by atoms with Gasteiger partial charge in [-0.25, -0.2) is 0 Å². The second-order valence-corrected chi connectivity index (χ2v) is 2.71. The zero-order valence-electron chi connectivity index (χ0n) is 6.46. The molecular formula is C9H12N2. The van der Waals surface area contributed by atoms with E-state index in [0.29, 0.717) is 0 Å². The van der Waals surface area contributed by atoms with Gasteiger partial charge >= 0.3 is 0 Å². The van der Waals surface area contributed by atoms with Crippen LogP contribution in [0.5, 0.6) is 0 Å². The Kier molecular flexibility index (Phi) is 2.88. The zero-order chi connectivity index (χ0) is 8.10. The number of hydrogen-bond donors (Lipinski definition) is 1. The molecule has 2 heteroatoms. The molecule has 0 spiro atoms. The molecule has 11 heavy (non-hydrogen) atoms. The molecule has 0 saturated heterocycles. The van der Waals surface area contributed by atoms with Crippen molar-refractivity contribution in [3.63, 3.8) is 0 Å². The van der Waals surface area contributed by atoms with Gasteiger partial charge in [-0.05, 0) is 19.3 Å². The van der Waals surface area contributed by atoms with Crippen LogP contribution in [0.3, 0.4) is 0 Å². The molecular weight excluding hydrogens is 136 g/mol. The normalized spacial score (nSPS) is 18.7. The number of rotatable bonds is 2. The summed E-state index contributed by atoms with van der Waals surface area (Å²) < 4.78 is 0. The summed E-state index contributed by atoms with van der Waals surface area (Å²) in [4.78, 5) is 0. The minimum atomic E-state index is -0.326. The van der Waals surface area contributed by atoms with Gasteiger partial charge in [0.2, 0.25) is 0 Å². The molecule has 0 saturated carbocycles. The van der Waals surface area contributed by atoms with Gasteiger partial charge < -0.3 is 5.73 Å². The third-order valence-electron chi connectivity index (χ3n) is 1.74. The number of nitrogens with zero attached hydrogens (tertiary/aromatic N) is 1. The van der Waals surface area contributed by atoms with Crippen molar-refractivity contribution in [2.24, 2.45) is 5.73 Å². The molecule has 0 amide bonds. The molecule has 0 aromatic carbocycles. The molecule has 0 radical (unpaired) electrons. The van der Waals surface area contributed by atoms with Crippen molar-refractivity contribution in [2.45, 2.75) is 25.3 Å². The van der Waals surface area contributed by atoms with Crippen LogP contribution in [0.25, 0.3) is 0 Å². The molecule has 1 aliphatic carbocycles. The van der Waals surface area contributed by atoms with Crippen molar-refractivity contribution in [3.8, 4) is 6.07 Å². The molecule has 0 fully saturated rings. The van der Waals surface area contributed by atoms with E-state index in [2.05, 4.69) is 18.2 Å². The quantitative estimate of drug-likeness (QED) is 0.603. The van der Waals surface area contributed by atoms with E-state index < -0.39 is 0 Å². The minimum Gasteiger partial charge on any atom is -0.316 e. The highest BCUT2D eigenvalue weighted by atomic mass is 14.6. The van der Waals surface area contributed by atoms with E-state index in [-0.39, 0.29) is 6.04 Å². The molecule has 1 rings (SSSR count). The third kappa shape index (κ3) is 2.57. The first-order valence-electron chi connectivity index (χ1n) is 3.81. The van der Waals surface area contributed by atoms with E-state index in [4.69, 9.17) is 11.0 Å². The largest absolute Gasteiger partial charge is 0.316 e. The van der Waals surface area contributed by atoms with E-state index in [1.807, 2.05) is 6.07 Å². The SMILES string of the molecule is N#C[C@@H](N)CC1=CCC=CC1. The van der Waals surface area contributed by atoms with Gasteiger partial charge in [-0.15, -0.1) is 0 Å². The lowest BCUT2D eigenvalue weighted by Crippen LogP contribution is -2.17. The van der Waals surface area contributed by atoms with E-state index in [1.165, 1.54) is 5.57 Å². The second-order valence-electron chi connectivity index (χ2n) is 2.71. The maximum atomic E-state index is 8.45. The monoisotopic (exact) mass is 148 g/mol. The lowest BCUT2D eigenvalue weighted by molar-refractivity contribution is 0.790. The van der Waals surface area contributed by atoms with Crippen LogP contribution in [-0.2, 0) is 0 Å². The van der Waals surface area contributed by atoms with Crippen LogP contribution in [0.2, 0.25) is 0 Å². The Morgan fingerprint density at radius 1 is 1.64 bits per heavy atom. The van der Waals surface area contributed by atoms with E-state index >= 15 is 0 Å². The molecule has 0 aromatic heterocycles. The van der Waals surface area contributed by atoms with Gasteiger partial charge in [-0.2, -0.15) is 5.26 Å². The summed E-state index contributed by atoms with van der Waals surface area (Å²) in [5.41, 5.74) is 6.77. The van der Waals surface area contributed by atoms with Crippen LogP contribution in [0.4, 0.5) is 0 Å². The highest BCUT2D eigenvalue weighted by Gasteiger charge is 2.04. The Hall–Kier alpha value is -1.07. The predicted octanol–water partition coefficient (Wildman–Crippen LogP) is 1.50. The van der Waals surface area contributed by atoms with Gasteiger partial charge in [0, 0.05) is 0 Å². The third-order valence-corrected chi connectivity index (χ3v) is 1.74. The highest BCUT2D eigenvalue weighted by molar-refractivity contribution is 5.17. The van der Waals surface area contributed by atoms with E-state index in [1.54, 1.807) is 0 Å². The van der Waals surface area contributed by atoms with Crippen LogP contribution in [0.1, 0.15) is 19.3 Å². The zero-order valence-corrected chi connectivity index (χ0v) is 6.46. The molecule has 1 aliphatic rings. The topological polar surface area (TPSA) is 49.8 Å². The molecule has 1 atom stereocenters. The van der Waals surface area contributed by atoms with Gasteiger partial charge in [-0.3, -0.25) is 0 Å². The van der Waals surface area contributed by atoms with Crippen LogP contribution in [-0.4, -0.2) is 6.04 Å². The lowest BCUT2D eigenvalue weighted by atomic mass is 10.00. The summed E-state index contributed by atoms with van der Waals surface area (Å²) in [5, 5.41) is 8.45. The summed E-state index contributed by atoms with van der Waals surface area (Å²) in [5.74, 6) is 0. The summed E-state index contributed by atoms with van der Waals surface area (Å²) in [6.45, 7) is 0. The van der Waals surface area contributed by atoms with Gasteiger partial charge in [0.05, 0.1) is 12.1 Å². The lowest BCUT2D eigenvalue weighted by Gasteiger charge is -2.08. The van der Waals surface area contributed by atoms with Gasteiger partial charge in [0.25, 0.3) is 0 Å². The summed E-state index contributed by atoms with van der Waals surface area (Å²) in [6, 6.07) is 1.70. The highest BCUT2D eigenvalue weighted by Crippen LogP contribution is 2.15. The van der Waals surface area contributed by atoms with E-state index in [0.717, 1.165) is 19.3 Å². The number of hydrogen-bond acceptors (Lipinski definition) is 2. The average Bonchev–Trinajstić information content (AvgIpc) is 2.06. The fourth-order valence-corrected chi connectivity index (χ4v) is 1.14. The maximum absolute atomic E-state index is 8.45. The standard InChI is InChI=1S/C9H12N2/c10-7-9(11)6-8-4-2-1-3-5-8/h1-2,5,9H,3-4,6,11H2/t9-/m0/s1.